The molecule has 2 N–H and O–H groups in total. The summed E-state index contributed by atoms with van der Waals surface area (Å²) < 4.78 is 19.3. The first-order chi connectivity index (χ1) is 9.11. The molecule has 19 heavy (non-hydrogen) atoms. The van der Waals surface area contributed by atoms with Crippen molar-refractivity contribution >= 4 is 0 Å². The highest BCUT2D eigenvalue weighted by Crippen LogP contribution is 2.30. The molecule has 1 aliphatic carbocycles. The fraction of sp³-hybridized carbons (Fsp3) is 0.600. The van der Waals surface area contributed by atoms with Crippen molar-refractivity contribution in [2.24, 2.45) is 0 Å². The summed E-state index contributed by atoms with van der Waals surface area (Å²) in [5.74, 6) is 0.403. The van der Waals surface area contributed by atoms with E-state index in [4.69, 9.17) is 4.74 Å². The van der Waals surface area contributed by atoms with Gasteiger partial charge in [-0.2, -0.15) is 0 Å². The molecule has 1 saturated carbocycles. The van der Waals surface area contributed by atoms with Crippen LogP contribution in [0, 0.1) is 5.82 Å². The molecule has 2 rings (SSSR count). The molecule has 1 aromatic rings. The standard InChI is InChI=1S/C15H22FNO2/c1-3-17-10(2)12-9-11(16)7-8-14(12)19-15-6-4-5-13(15)18/h7-10,13,15,17-18H,3-6H2,1-2H3. The normalized spacial score (nSPS) is 24.4. The predicted molar refractivity (Wildman–Crippen MR) is 72.8 cm³/mol. The number of hydrogen-bond donors (Lipinski definition) is 2. The largest absolute Gasteiger partial charge is 0.487 e. The van der Waals surface area contributed by atoms with Crippen LogP contribution >= 0.6 is 0 Å². The number of aliphatic hydroxyl groups is 1. The van der Waals surface area contributed by atoms with Gasteiger partial charge in [-0.05, 0) is 50.9 Å². The van der Waals surface area contributed by atoms with Crippen LogP contribution in [-0.4, -0.2) is 23.9 Å². The van der Waals surface area contributed by atoms with Gasteiger partial charge in [-0.25, -0.2) is 4.39 Å². The van der Waals surface area contributed by atoms with E-state index in [1.54, 1.807) is 6.07 Å². The molecular formula is C15H22FNO2. The summed E-state index contributed by atoms with van der Waals surface area (Å²) in [7, 11) is 0. The Bertz CT molecular complexity index is 425. The van der Waals surface area contributed by atoms with E-state index in [2.05, 4.69) is 5.32 Å². The van der Waals surface area contributed by atoms with E-state index < -0.39 is 6.10 Å². The van der Waals surface area contributed by atoms with Crippen LogP contribution in [0.15, 0.2) is 18.2 Å². The fourth-order valence-electron chi connectivity index (χ4n) is 2.59. The predicted octanol–water partition coefficient (Wildman–Crippen LogP) is 2.79. The van der Waals surface area contributed by atoms with Crippen LogP contribution in [-0.2, 0) is 0 Å². The molecule has 0 aliphatic heterocycles. The molecule has 0 radical (unpaired) electrons. The molecule has 0 amide bonds. The van der Waals surface area contributed by atoms with E-state index in [-0.39, 0.29) is 18.0 Å². The Labute approximate surface area is 113 Å². The third-order valence-corrected chi connectivity index (χ3v) is 3.64. The van der Waals surface area contributed by atoms with Crippen LogP contribution in [0.5, 0.6) is 5.75 Å². The third-order valence-electron chi connectivity index (χ3n) is 3.64. The molecule has 1 aliphatic rings. The number of benzene rings is 1. The van der Waals surface area contributed by atoms with Gasteiger partial charge >= 0.3 is 0 Å². The fourth-order valence-corrected chi connectivity index (χ4v) is 2.59. The first kappa shape index (κ1) is 14.3. The van der Waals surface area contributed by atoms with Gasteiger partial charge in [0, 0.05) is 11.6 Å². The topological polar surface area (TPSA) is 41.5 Å². The van der Waals surface area contributed by atoms with Gasteiger partial charge in [0.05, 0.1) is 6.10 Å². The van der Waals surface area contributed by atoms with Crippen LogP contribution in [0.1, 0.15) is 44.7 Å². The van der Waals surface area contributed by atoms with Gasteiger partial charge in [0.2, 0.25) is 0 Å². The van der Waals surface area contributed by atoms with Crippen molar-refractivity contribution < 1.29 is 14.2 Å². The lowest BCUT2D eigenvalue weighted by Crippen LogP contribution is -2.27. The van der Waals surface area contributed by atoms with Crippen LogP contribution in [0.3, 0.4) is 0 Å². The van der Waals surface area contributed by atoms with Crippen molar-refractivity contribution in [1.29, 1.82) is 0 Å². The van der Waals surface area contributed by atoms with Crippen molar-refractivity contribution in [3.8, 4) is 5.75 Å². The maximum Gasteiger partial charge on any atom is 0.124 e. The molecule has 0 aromatic heterocycles. The zero-order chi connectivity index (χ0) is 13.8. The Morgan fingerprint density at radius 1 is 1.47 bits per heavy atom. The van der Waals surface area contributed by atoms with E-state index in [0.29, 0.717) is 5.75 Å². The van der Waals surface area contributed by atoms with Crippen LogP contribution < -0.4 is 10.1 Å². The summed E-state index contributed by atoms with van der Waals surface area (Å²) in [5, 5.41) is 13.1. The van der Waals surface area contributed by atoms with Crippen molar-refractivity contribution in [2.75, 3.05) is 6.54 Å². The van der Waals surface area contributed by atoms with Gasteiger partial charge in [0.25, 0.3) is 0 Å². The molecule has 3 nitrogen and oxygen atoms in total. The quantitative estimate of drug-likeness (QED) is 0.862. The zero-order valence-electron chi connectivity index (χ0n) is 11.5. The monoisotopic (exact) mass is 267 g/mol. The second-order valence-corrected chi connectivity index (χ2v) is 5.12. The molecule has 0 spiro atoms. The van der Waals surface area contributed by atoms with E-state index >= 15 is 0 Å². The van der Waals surface area contributed by atoms with Gasteiger partial charge in [0.15, 0.2) is 0 Å². The Balaban J connectivity index is 2.18. The third kappa shape index (κ3) is 3.45. The van der Waals surface area contributed by atoms with Gasteiger partial charge < -0.3 is 15.2 Å². The smallest absolute Gasteiger partial charge is 0.124 e. The summed E-state index contributed by atoms with van der Waals surface area (Å²) in [6.07, 6.45) is 2.04. The first-order valence-corrected chi connectivity index (χ1v) is 6.99. The summed E-state index contributed by atoms with van der Waals surface area (Å²) >= 11 is 0. The molecule has 4 heteroatoms. The van der Waals surface area contributed by atoms with Gasteiger partial charge in [-0.3, -0.25) is 0 Å². The maximum absolute atomic E-state index is 13.4. The van der Waals surface area contributed by atoms with Crippen molar-refractivity contribution in [2.45, 2.75) is 51.4 Å². The van der Waals surface area contributed by atoms with Crippen LogP contribution in [0.4, 0.5) is 4.39 Å². The molecule has 0 bridgehead atoms. The lowest BCUT2D eigenvalue weighted by Gasteiger charge is -2.22. The number of halogens is 1. The van der Waals surface area contributed by atoms with E-state index in [0.717, 1.165) is 31.4 Å². The second kappa shape index (κ2) is 6.35. The minimum atomic E-state index is -0.410. The Hall–Kier alpha value is -1.13. The van der Waals surface area contributed by atoms with Crippen molar-refractivity contribution in [3.63, 3.8) is 0 Å². The van der Waals surface area contributed by atoms with E-state index in [1.807, 2.05) is 13.8 Å². The molecule has 0 heterocycles. The highest BCUT2D eigenvalue weighted by atomic mass is 19.1. The Morgan fingerprint density at radius 2 is 2.26 bits per heavy atom. The minimum absolute atomic E-state index is 0.0224. The number of nitrogens with one attached hydrogen (secondary N) is 1. The van der Waals surface area contributed by atoms with E-state index in [9.17, 15) is 9.50 Å². The first-order valence-electron chi connectivity index (χ1n) is 6.99. The number of rotatable bonds is 5. The minimum Gasteiger partial charge on any atom is -0.487 e. The highest BCUT2D eigenvalue weighted by molar-refractivity contribution is 5.36. The number of hydrogen-bond acceptors (Lipinski definition) is 3. The maximum atomic E-state index is 13.4. The zero-order valence-corrected chi connectivity index (χ0v) is 11.5. The van der Waals surface area contributed by atoms with Gasteiger partial charge in [0.1, 0.15) is 17.7 Å². The van der Waals surface area contributed by atoms with Crippen LogP contribution in [0.2, 0.25) is 0 Å². The van der Waals surface area contributed by atoms with Gasteiger partial charge in [-0.15, -0.1) is 0 Å². The molecule has 106 valence electrons. The second-order valence-electron chi connectivity index (χ2n) is 5.12. The number of aliphatic hydroxyl groups excluding tert-OH is 1. The molecular weight excluding hydrogens is 245 g/mol. The summed E-state index contributed by atoms with van der Waals surface area (Å²) in [6.45, 7) is 4.80. The van der Waals surface area contributed by atoms with Gasteiger partial charge in [-0.1, -0.05) is 6.92 Å². The molecule has 3 atom stereocenters. The SMILES string of the molecule is CCNC(C)c1cc(F)ccc1OC1CCCC1O. The summed E-state index contributed by atoms with van der Waals surface area (Å²) in [4.78, 5) is 0. The summed E-state index contributed by atoms with van der Waals surface area (Å²) in [6, 6.07) is 4.58. The Morgan fingerprint density at radius 3 is 2.89 bits per heavy atom. The molecule has 3 unspecified atom stereocenters. The number of ether oxygens (including phenoxy) is 1. The lowest BCUT2D eigenvalue weighted by atomic mass is 10.1. The van der Waals surface area contributed by atoms with Crippen LogP contribution in [0.25, 0.3) is 0 Å². The molecule has 0 saturated heterocycles. The average Bonchev–Trinajstić information content (AvgIpc) is 2.77. The molecule has 1 aromatic carbocycles. The lowest BCUT2D eigenvalue weighted by molar-refractivity contribution is 0.0594. The molecule has 1 fully saturated rings. The van der Waals surface area contributed by atoms with Crippen molar-refractivity contribution in [1.82, 2.24) is 5.32 Å². The summed E-state index contributed by atoms with van der Waals surface area (Å²) in [5.41, 5.74) is 0.806. The average molecular weight is 267 g/mol. The highest BCUT2D eigenvalue weighted by Gasteiger charge is 2.28. The van der Waals surface area contributed by atoms with Crippen molar-refractivity contribution in [3.05, 3.63) is 29.6 Å². The van der Waals surface area contributed by atoms with E-state index in [1.165, 1.54) is 12.1 Å². The Kier molecular flexibility index (Phi) is 4.77.